The van der Waals surface area contributed by atoms with Gasteiger partial charge in [0.2, 0.25) is 5.28 Å². The maximum Gasteiger partial charge on any atom is 0.407 e. The smallest absolute Gasteiger partial charge is 0.407 e. The summed E-state index contributed by atoms with van der Waals surface area (Å²) in [5.41, 5.74) is 1.17. The van der Waals surface area contributed by atoms with Crippen LogP contribution in [0.2, 0.25) is 5.28 Å². The van der Waals surface area contributed by atoms with Crippen molar-refractivity contribution >= 4 is 29.7 Å². The zero-order valence-electron chi connectivity index (χ0n) is 13.2. The molecule has 0 spiro atoms. The van der Waals surface area contributed by atoms with Crippen LogP contribution in [0.25, 0.3) is 0 Å². The first-order chi connectivity index (χ1) is 11.5. The van der Waals surface area contributed by atoms with Gasteiger partial charge in [0.15, 0.2) is 0 Å². The van der Waals surface area contributed by atoms with E-state index in [0.29, 0.717) is 42.9 Å². The number of nitrogens with zero attached hydrogens (tertiary/aromatic N) is 3. The second-order valence-corrected chi connectivity index (χ2v) is 5.57. The summed E-state index contributed by atoms with van der Waals surface area (Å²) in [5, 5.41) is 19.6. The third-order valence-electron chi connectivity index (χ3n) is 3.67. The molecule has 1 fully saturated rings. The molecule has 1 saturated heterocycles. The average Bonchev–Trinajstić information content (AvgIpc) is 2.58. The van der Waals surface area contributed by atoms with Crippen molar-refractivity contribution in [3.63, 3.8) is 0 Å². The molecule has 0 radical (unpaired) electrons. The van der Waals surface area contributed by atoms with E-state index in [4.69, 9.17) is 22.1 Å². The van der Waals surface area contributed by atoms with Crippen molar-refractivity contribution in [2.75, 3.05) is 18.4 Å². The van der Waals surface area contributed by atoms with E-state index >= 15 is 0 Å². The summed E-state index contributed by atoms with van der Waals surface area (Å²) in [6, 6.07) is 0.0936. The van der Waals surface area contributed by atoms with E-state index in [-0.39, 0.29) is 11.3 Å². The molecule has 0 aromatic carbocycles. The summed E-state index contributed by atoms with van der Waals surface area (Å²) in [5.74, 6) is 6.34. The molecule has 1 amide bonds. The Morgan fingerprint density at radius 2 is 2.25 bits per heavy atom. The molecule has 0 atom stereocenters. The molecule has 0 saturated carbocycles. The number of anilines is 1. The molecule has 2 rings (SSSR count). The second-order valence-electron chi connectivity index (χ2n) is 5.23. The number of hydrogen-bond donors (Lipinski definition) is 3. The predicted molar refractivity (Wildman–Crippen MR) is 92.7 cm³/mol. The van der Waals surface area contributed by atoms with E-state index in [1.165, 1.54) is 17.3 Å². The number of carbonyl (C=O) groups is 1. The van der Waals surface area contributed by atoms with Crippen LogP contribution >= 0.6 is 11.6 Å². The maximum atomic E-state index is 10.9. The van der Waals surface area contributed by atoms with Crippen LogP contribution in [0.5, 0.6) is 0 Å². The van der Waals surface area contributed by atoms with Gasteiger partial charge in [0.05, 0.1) is 5.56 Å². The highest BCUT2D eigenvalue weighted by atomic mass is 35.5. The molecule has 1 aromatic heterocycles. The number of likely N-dealkylation sites (tertiary alicyclic amines) is 1. The zero-order chi connectivity index (χ0) is 17.5. The molecule has 24 heavy (non-hydrogen) atoms. The van der Waals surface area contributed by atoms with Gasteiger partial charge >= 0.3 is 6.09 Å². The minimum Gasteiger partial charge on any atom is -0.465 e. The second kappa shape index (κ2) is 8.31. The molecule has 126 valence electrons. The number of halogens is 1. The van der Waals surface area contributed by atoms with Gasteiger partial charge in [0, 0.05) is 37.1 Å². The highest BCUT2D eigenvalue weighted by Gasteiger charge is 2.23. The normalized spacial score (nSPS) is 15.4. The monoisotopic (exact) mass is 347 g/mol. The van der Waals surface area contributed by atoms with E-state index in [1.54, 1.807) is 6.08 Å². The molecule has 0 unspecified atom stereocenters. The zero-order valence-corrected chi connectivity index (χ0v) is 14.0. The van der Waals surface area contributed by atoms with Gasteiger partial charge in [-0.1, -0.05) is 17.9 Å². The van der Waals surface area contributed by atoms with Crippen molar-refractivity contribution < 1.29 is 9.90 Å². The van der Waals surface area contributed by atoms with Gasteiger partial charge in [-0.15, -0.1) is 0 Å². The Kier molecular flexibility index (Phi) is 6.15. The van der Waals surface area contributed by atoms with E-state index in [2.05, 4.69) is 27.1 Å². The Balaban J connectivity index is 2.14. The highest BCUT2D eigenvalue weighted by Crippen LogP contribution is 2.19. The van der Waals surface area contributed by atoms with Crippen LogP contribution in [0.3, 0.4) is 0 Å². The minimum absolute atomic E-state index is 0.0936. The molecule has 0 bridgehead atoms. The summed E-state index contributed by atoms with van der Waals surface area (Å²) in [4.78, 5) is 20.5. The number of allylic oxidation sites excluding steroid dienone is 2. The van der Waals surface area contributed by atoms with Crippen LogP contribution in [-0.2, 0) is 0 Å². The van der Waals surface area contributed by atoms with E-state index in [9.17, 15) is 4.79 Å². The lowest BCUT2D eigenvalue weighted by Gasteiger charge is -2.30. The molecular formula is C16H18ClN5O2. The fourth-order valence-corrected chi connectivity index (χ4v) is 2.43. The number of piperidine rings is 1. The Hall–Kier alpha value is -2.59. The van der Waals surface area contributed by atoms with Gasteiger partial charge in [-0.25, -0.2) is 9.78 Å². The number of carboxylic acid groups (broad SMARTS) is 1. The van der Waals surface area contributed by atoms with Gasteiger partial charge in [-0.3, -0.25) is 0 Å². The summed E-state index contributed by atoms with van der Waals surface area (Å²) in [7, 11) is 0. The first-order valence-corrected chi connectivity index (χ1v) is 7.87. The van der Waals surface area contributed by atoms with Crippen LogP contribution < -0.4 is 5.32 Å². The van der Waals surface area contributed by atoms with Crippen LogP contribution in [0.4, 0.5) is 10.6 Å². The van der Waals surface area contributed by atoms with E-state index in [1.807, 2.05) is 6.92 Å². The molecular weight excluding hydrogens is 330 g/mol. The molecule has 3 N–H and O–H groups in total. The van der Waals surface area contributed by atoms with Crippen molar-refractivity contribution in [3.05, 3.63) is 28.7 Å². The number of hydrogen-bond acceptors (Lipinski definition) is 5. The lowest BCUT2D eigenvalue weighted by Crippen LogP contribution is -2.41. The minimum atomic E-state index is -0.893. The lowest BCUT2D eigenvalue weighted by atomic mass is 10.1. The standard InChI is InChI=1S/C16H18ClN5O2/c1-2-11(9-18)3-4-12-10-19-15(17)21-14(12)20-13-5-7-22(8-6-13)16(23)24/h2,9-10,13,18H,5-8H2,1H3,(H,23,24)(H,19,20,21)/b11-2-,18-9?. The number of nitrogens with one attached hydrogen (secondary N) is 2. The number of amides is 1. The van der Waals surface area contributed by atoms with E-state index in [0.717, 1.165) is 0 Å². The molecule has 1 aliphatic rings. The first-order valence-electron chi connectivity index (χ1n) is 7.49. The molecule has 7 nitrogen and oxygen atoms in total. The fourth-order valence-electron chi connectivity index (χ4n) is 2.30. The lowest BCUT2D eigenvalue weighted by molar-refractivity contribution is 0.134. The van der Waals surface area contributed by atoms with Gasteiger partial charge in [-0.2, -0.15) is 4.98 Å². The van der Waals surface area contributed by atoms with Crippen molar-refractivity contribution in [1.29, 1.82) is 5.41 Å². The topological polar surface area (TPSA) is 102 Å². The summed E-state index contributed by atoms with van der Waals surface area (Å²) < 4.78 is 0. The summed E-state index contributed by atoms with van der Waals surface area (Å²) in [6.07, 6.45) is 4.93. The van der Waals surface area contributed by atoms with Crippen LogP contribution in [-0.4, -0.2) is 51.4 Å². The SMILES string of the molecule is C/C=C(/C#Cc1cnc(Cl)nc1NC1CCN(C(=O)O)CC1)C=N. The van der Waals surface area contributed by atoms with Gasteiger partial charge < -0.3 is 20.7 Å². The van der Waals surface area contributed by atoms with Gasteiger partial charge in [-0.05, 0) is 31.4 Å². The molecule has 0 aliphatic carbocycles. The van der Waals surface area contributed by atoms with Gasteiger partial charge in [0.1, 0.15) is 5.82 Å². The Morgan fingerprint density at radius 1 is 1.54 bits per heavy atom. The van der Waals surface area contributed by atoms with Crippen molar-refractivity contribution in [1.82, 2.24) is 14.9 Å². The third-order valence-corrected chi connectivity index (χ3v) is 3.86. The summed E-state index contributed by atoms with van der Waals surface area (Å²) in [6.45, 7) is 2.76. The van der Waals surface area contributed by atoms with Crippen molar-refractivity contribution in [2.24, 2.45) is 0 Å². The predicted octanol–water partition coefficient (Wildman–Crippen LogP) is 2.63. The third kappa shape index (κ3) is 4.70. The van der Waals surface area contributed by atoms with Crippen LogP contribution in [0.15, 0.2) is 17.8 Å². The van der Waals surface area contributed by atoms with Crippen LogP contribution in [0, 0.1) is 17.3 Å². The average molecular weight is 348 g/mol. The number of rotatable bonds is 3. The molecule has 1 aliphatic heterocycles. The van der Waals surface area contributed by atoms with Crippen LogP contribution in [0.1, 0.15) is 25.3 Å². The molecule has 1 aromatic rings. The quantitative estimate of drug-likeness (QED) is 0.443. The highest BCUT2D eigenvalue weighted by molar-refractivity contribution is 6.28. The van der Waals surface area contributed by atoms with E-state index < -0.39 is 6.09 Å². The fraction of sp³-hybridized carbons (Fsp3) is 0.375. The molecule has 8 heteroatoms. The van der Waals surface area contributed by atoms with Gasteiger partial charge in [0.25, 0.3) is 0 Å². The maximum absolute atomic E-state index is 10.9. The number of aromatic nitrogens is 2. The Labute approximate surface area is 145 Å². The largest absolute Gasteiger partial charge is 0.465 e. The Bertz CT molecular complexity index is 715. The Morgan fingerprint density at radius 3 is 2.83 bits per heavy atom. The summed E-state index contributed by atoms with van der Waals surface area (Å²) >= 11 is 5.87. The van der Waals surface area contributed by atoms with Crippen molar-refractivity contribution in [2.45, 2.75) is 25.8 Å². The van der Waals surface area contributed by atoms with Crippen molar-refractivity contribution in [3.8, 4) is 11.8 Å². The molecule has 2 heterocycles. The first kappa shape index (κ1) is 17.8.